The fraction of sp³-hybridized carbons (Fsp3) is 0.278. The lowest BCUT2D eigenvalue weighted by molar-refractivity contribution is -0.125. The van der Waals surface area contributed by atoms with Crippen molar-refractivity contribution in [3.05, 3.63) is 69.7 Å². The van der Waals surface area contributed by atoms with Crippen LogP contribution in [0.15, 0.2) is 48.5 Å². The lowest BCUT2D eigenvalue weighted by Crippen LogP contribution is -2.37. The average molecular weight is 334 g/mol. The van der Waals surface area contributed by atoms with E-state index in [0.29, 0.717) is 22.9 Å². The number of rotatable bonds is 2. The van der Waals surface area contributed by atoms with Crippen molar-refractivity contribution in [2.24, 2.45) is 0 Å². The average Bonchev–Trinajstić information content (AvgIpc) is 2.51. The van der Waals surface area contributed by atoms with Crippen molar-refractivity contribution in [2.75, 3.05) is 7.05 Å². The quantitative estimate of drug-likeness (QED) is 0.764. The predicted molar refractivity (Wildman–Crippen MR) is 90.4 cm³/mol. The summed E-state index contributed by atoms with van der Waals surface area (Å²) in [4.78, 5) is 14.5. The van der Waals surface area contributed by atoms with Crippen LogP contribution < -0.4 is 0 Å². The van der Waals surface area contributed by atoms with Crippen molar-refractivity contribution in [1.29, 1.82) is 0 Å². The van der Waals surface area contributed by atoms with Crippen LogP contribution in [0.3, 0.4) is 0 Å². The van der Waals surface area contributed by atoms with Crippen LogP contribution >= 0.6 is 23.2 Å². The normalized spacial score (nSPS) is 22.8. The number of benzene rings is 2. The molecule has 22 heavy (non-hydrogen) atoms. The second-order valence-electron chi connectivity index (χ2n) is 5.75. The SMILES string of the molecule is CN1[C@@H](c2ccc(Cl)cc2)CC(=O)C[C@H]1c1ccc(Cl)cc1. The first kappa shape index (κ1) is 15.5. The Morgan fingerprint density at radius 2 is 1.18 bits per heavy atom. The van der Waals surface area contributed by atoms with Crippen LogP contribution in [0, 0.1) is 0 Å². The Morgan fingerprint density at radius 1 is 0.818 bits per heavy atom. The minimum Gasteiger partial charge on any atom is -0.300 e. The number of Topliss-reactive ketones (excluding diaryl/α,β-unsaturated/α-hetero) is 1. The Balaban J connectivity index is 1.91. The molecule has 0 N–H and O–H groups in total. The van der Waals surface area contributed by atoms with Crippen LogP contribution in [-0.4, -0.2) is 17.7 Å². The summed E-state index contributed by atoms with van der Waals surface area (Å²) in [5, 5.41) is 1.42. The highest BCUT2D eigenvalue weighted by atomic mass is 35.5. The van der Waals surface area contributed by atoms with Gasteiger partial charge in [0.15, 0.2) is 0 Å². The van der Waals surface area contributed by atoms with Gasteiger partial charge in [-0.15, -0.1) is 0 Å². The lowest BCUT2D eigenvalue weighted by atomic mass is 9.87. The molecule has 0 aliphatic carbocycles. The number of halogens is 2. The number of hydrogen-bond acceptors (Lipinski definition) is 2. The van der Waals surface area contributed by atoms with Gasteiger partial charge in [0, 0.05) is 35.0 Å². The van der Waals surface area contributed by atoms with E-state index in [0.717, 1.165) is 11.1 Å². The smallest absolute Gasteiger partial charge is 0.136 e. The Labute approximate surface area is 140 Å². The van der Waals surface area contributed by atoms with E-state index in [-0.39, 0.29) is 17.9 Å². The maximum atomic E-state index is 12.2. The first-order valence-corrected chi connectivity index (χ1v) is 8.05. The van der Waals surface area contributed by atoms with E-state index in [1.54, 1.807) is 0 Å². The van der Waals surface area contributed by atoms with E-state index in [1.807, 2.05) is 48.5 Å². The molecule has 0 aromatic heterocycles. The molecule has 0 spiro atoms. The summed E-state index contributed by atoms with van der Waals surface area (Å²) in [7, 11) is 2.07. The maximum Gasteiger partial charge on any atom is 0.136 e. The first-order valence-electron chi connectivity index (χ1n) is 7.29. The molecule has 0 amide bonds. The van der Waals surface area contributed by atoms with E-state index in [1.165, 1.54) is 0 Å². The summed E-state index contributed by atoms with van der Waals surface area (Å²) in [5.41, 5.74) is 2.25. The molecule has 2 atom stereocenters. The Bertz CT molecular complexity index is 609. The van der Waals surface area contributed by atoms with Crippen LogP contribution in [0.2, 0.25) is 10.0 Å². The topological polar surface area (TPSA) is 20.3 Å². The minimum atomic E-state index is 0.0826. The second kappa shape index (κ2) is 6.41. The molecule has 0 radical (unpaired) electrons. The number of carbonyl (C=O) groups is 1. The highest BCUT2D eigenvalue weighted by Crippen LogP contribution is 2.39. The molecule has 1 saturated heterocycles. The number of nitrogens with zero attached hydrogens (tertiary/aromatic N) is 1. The highest BCUT2D eigenvalue weighted by molar-refractivity contribution is 6.30. The van der Waals surface area contributed by atoms with Crippen LogP contribution in [0.25, 0.3) is 0 Å². The minimum absolute atomic E-state index is 0.0826. The zero-order valence-electron chi connectivity index (χ0n) is 12.3. The van der Waals surface area contributed by atoms with E-state index >= 15 is 0 Å². The van der Waals surface area contributed by atoms with Crippen molar-refractivity contribution in [1.82, 2.24) is 4.90 Å². The van der Waals surface area contributed by atoms with E-state index < -0.39 is 0 Å². The molecule has 3 rings (SSSR count). The van der Waals surface area contributed by atoms with Crippen LogP contribution in [0.5, 0.6) is 0 Å². The molecule has 2 aromatic rings. The van der Waals surface area contributed by atoms with Gasteiger partial charge in [0.1, 0.15) is 5.78 Å². The van der Waals surface area contributed by atoms with Crippen LogP contribution in [0.4, 0.5) is 0 Å². The van der Waals surface area contributed by atoms with Gasteiger partial charge >= 0.3 is 0 Å². The standard InChI is InChI=1S/C18H17Cl2NO/c1-21-17(12-2-6-14(19)7-3-12)10-16(22)11-18(21)13-4-8-15(20)9-5-13/h2-9,17-18H,10-11H2,1H3/t17-,18+. The number of piperidine rings is 1. The molecule has 0 unspecified atom stereocenters. The summed E-state index contributed by atoms with van der Waals surface area (Å²) in [6.07, 6.45) is 1.09. The van der Waals surface area contributed by atoms with E-state index in [4.69, 9.17) is 23.2 Å². The third-order valence-electron chi connectivity index (χ3n) is 4.33. The summed E-state index contributed by atoms with van der Waals surface area (Å²) >= 11 is 11.9. The van der Waals surface area contributed by atoms with Crippen molar-refractivity contribution < 1.29 is 4.79 Å². The Morgan fingerprint density at radius 3 is 1.55 bits per heavy atom. The van der Waals surface area contributed by atoms with Gasteiger partial charge in [-0.25, -0.2) is 0 Å². The van der Waals surface area contributed by atoms with Crippen LogP contribution in [0.1, 0.15) is 36.1 Å². The summed E-state index contributed by atoms with van der Waals surface area (Å²) in [5.74, 6) is 0.290. The molecular formula is C18H17Cl2NO. The summed E-state index contributed by atoms with van der Waals surface area (Å²) < 4.78 is 0. The molecule has 0 saturated carbocycles. The molecule has 114 valence electrons. The molecule has 2 aromatic carbocycles. The Hall–Kier alpha value is -1.35. The van der Waals surface area contributed by atoms with E-state index in [2.05, 4.69) is 11.9 Å². The fourth-order valence-corrected chi connectivity index (χ4v) is 3.35. The molecule has 0 bridgehead atoms. The molecule has 1 heterocycles. The zero-order valence-corrected chi connectivity index (χ0v) is 13.8. The third kappa shape index (κ3) is 3.19. The monoisotopic (exact) mass is 333 g/mol. The Kier molecular flexibility index (Phi) is 4.53. The van der Waals surface area contributed by atoms with Gasteiger partial charge in [0.25, 0.3) is 0 Å². The molecule has 2 nitrogen and oxygen atoms in total. The van der Waals surface area contributed by atoms with Gasteiger partial charge in [0.05, 0.1) is 0 Å². The zero-order chi connectivity index (χ0) is 15.7. The van der Waals surface area contributed by atoms with Crippen molar-refractivity contribution in [3.63, 3.8) is 0 Å². The highest BCUT2D eigenvalue weighted by Gasteiger charge is 2.33. The van der Waals surface area contributed by atoms with Crippen molar-refractivity contribution >= 4 is 29.0 Å². The number of hydrogen-bond donors (Lipinski definition) is 0. The molecule has 1 fully saturated rings. The molecule has 1 aliphatic heterocycles. The number of carbonyl (C=O) groups excluding carboxylic acids is 1. The molecular weight excluding hydrogens is 317 g/mol. The molecule has 1 aliphatic rings. The van der Waals surface area contributed by atoms with E-state index in [9.17, 15) is 4.79 Å². The second-order valence-corrected chi connectivity index (χ2v) is 6.62. The van der Waals surface area contributed by atoms with Gasteiger partial charge in [-0.2, -0.15) is 0 Å². The van der Waals surface area contributed by atoms with Crippen molar-refractivity contribution in [3.8, 4) is 0 Å². The summed E-state index contributed by atoms with van der Waals surface area (Å²) in [6.45, 7) is 0. The van der Waals surface area contributed by atoms with Gasteiger partial charge in [-0.1, -0.05) is 47.5 Å². The lowest BCUT2D eigenvalue weighted by Gasteiger charge is -2.39. The molecule has 4 heteroatoms. The summed E-state index contributed by atoms with van der Waals surface area (Å²) in [6, 6.07) is 15.7. The van der Waals surface area contributed by atoms with Crippen molar-refractivity contribution in [2.45, 2.75) is 24.9 Å². The first-order chi connectivity index (χ1) is 10.5. The maximum absolute atomic E-state index is 12.2. The van der Waals surface area contributed by atoms with Gasteiger partial charge in [-0.3, -0.25) is 9.69 Å². The van der Waals surface area contributed by atoms with Gasteiger partial charge in [-0.05, 0) is 42.4 Å². The number of likely N-dealkylation sites (tertiary alicyclic amines) is 1. The third-order valence-corrected chi connectivity index (χ3v) is 4.84. The van der Waals surface area contributed by atoms with Gasteiger partial charge in [0.2, 0.25) is 0 Å². The van der Waals surface area contributed by atoms with Gasteiger partial charge < -0.3 is 0 Å². The van der Waals surface area contributed by atoms with Crippen LogP contribution in [-0.2, 0) is 4.79 Å². The fourth-order valence-electron chi connectivity index (χ4n) is 3.10. The number of ketones is 1. The predicted octanol–water partition coefficient (Wildman–Crippen LogP) is 5.07. The largest absolute Gasteiger partial charge is 0.300 e.